The lowest BCUT2D eigenvalue weighted by Gasteiger charge is -2.20. The molecule has 2 N–H and O–H groups in total. The molecule has 0 bridgehead atoms. The fourth-order valence-electron chi connectivity index (χ4n) is 1.91. The van der Waals surface area contributed by atoms with Crippen LogP contribution in [-0.2, 0) is 10.4 Å². The molecule has 0 aromatic heterocycles. The second kappa shape index (κ2) is 3.21. The molecule has 3 heteroatoms. The summed E-state index contributed by atoms with van der Waals surface area (Å²) >= 11 is 0. The van der Waals surface area contributed by atoms with Gasteiger partial charge in [0.1, 0.15) is 0 Å². The molecule has 15 heavy (non-hydrogen) atoms. The number of anilines is 1. The third-order valence-corrected chi connectivity index (χ3v) is 2.55. The van der Waals surface area contributed by atoms with Gasteiger partial charge in [-0.3, -0.25) is 4.79 Å². The molecule has 0 saturated heterocycles. The van der Waals surface area contributed by atoms with E-state index in [0.717, 1.165) is 5.57 Å². The van der Waals surface area contributed by atoms with Gasteiger partial charge >= 0.3 is 0 Å². The van der Waals surface area contributed by atoms with E-state index >= 15 is 0 Å². The lowest BCUT2D eigenvalue weighted by molar-refractivity contribution is -0.133. The Morgan fingerprint density at radius 2 is 2.20 bits per heavy atom. The molecule has 1 aromatic rings. The molecule has 1 aromatic carbocycles. The molecule has 0 fully saturated rings. The molecule has 1 aliphatic rings. The van der Waals surface area contributed by atoms with Gasteiger partial charge in [-0.15, -0.1) is 6.58 Å². The maximum Gasteiger partial charge on any atom is 0.261 e. The highest BCUT2D eigenvalue weighted by Gasteiger charge is 2.44. The van der Waals surface area contributed by atoms with Crippen molar-refractivity contribution in [3.05, 3.63) is 42.0 Å². The van der Waals surface area contributed by atoms with Gasteiger partial charge in [-0.1, -0.05) is 23.8 Å². The molecule has 1 atom stereocenters. The molecular weight excluding hydrogens is 190 g/mol. The third kappa shape index (κ3) is 1.45. The highest BCUT2D eigenvalue weighted by Crippen LogP contribution is 2.39. The van der Waals surface area contributed by atoms with E-state index < -0.39 is 5.60 Å². The normalized spacial score (nSPS) is 23.5. The zero-order chi connectivity index (χ0) is 11.1. The Kier molecular flexibility index (Phi) is 2.12. The van der Waals surface area contributed by atoms with Gasteiger partial charge < -0.3 is 10.4 Å². The van der Waals surface area contributed by atoms with E-state index in [2.05, 4.69) is 11.9 Å². The van der Waals surface area contributed by atoms with Crippen molar-refractivity contribution in [1.29, 1.82) is 0 Å². The molecule has 78 valence electrons. The van der Waals surface area contributed by atoms with Gasteiger partial charge in [0.15, 0.2) is 5.60 Å². The molecule has 0 spiro atoms. The Hall–Kier alpha value is -1.61. The van der Waals surface area contributed by atoms with E-state index in [-0.39, 0.29) is 12.3 Å². The minimum Gasteiger partial charge on any atom is -0.375 e. The molecule has 1 heterocycles. The summed E-state index contributed by atoms with van der Waals surface area (Å²) in [5, 5.41) is 13.0. The summed E-state index contributed by atoms with van der Waals surface area (Å²) < 4.78 is 0. The zero-order valence-electron chi connectivity index (χ0n) is 8.58. The molecule has 0 radical (unpaired) electrons. The Morgan fingerprint density at radius 1 is 1.53 bits per heavy atom. The van der Waals surface area contributed by atoms with Gasteiger partial charge in [-0.25, -0.2) is 0 Å². The first kappa shape index (κ1) is 9.93. The van der Waals surface area contributed by atoms with Gasteiger partial charge in [-0.2, -0.15) is 0 Å². The van der Waals surface area contributed by atoms with Crippen LogP contribution in [0.3, 0.4) is 0 Å². The van der Waals surface area contributed by atoms with E-state index in [0.29, 0.717) is 11.3 Å². The van der Waals surface area contributed by atoms with E-state index in [1.54, 1.807) is 19.1 Å². The van der Waals surface area contributed by atoms with Crippen molar-refractivity contribution in [3.63, 3.8) is 0 Å². The average Bonchev–Trinajstić information content (AvgIpc) is 2.39. The van der Waals surface area contributed by atoms with Crippen molar-refractivity contribution in [1.82, 2.24) is 0 Å². The molecule has 0 saturated carbocycles. The summed E-state index contributed by atoms with van der Waals surface area (Å²) in [5.74, 6) is -0.369. The zero-order valence-corrected chi connectivity index (χ0v) is 8.58. The van der Waals surface area contributed by atoms with Gasteiger partial charge in [0.2, 0.25) is 0 Å². The van der Waals surface area contributed by atoms with E-state index in [1.807, 2.05) is 12.1 Å². The maximum absolute atomic E-state index is 11.7. The molecule has 3 nitrogen and oxygen atoms in total. The first-order valence-corrected chi connectivity index (χ1v) is 4.82. The van der Waals surface area contributed by atoms with Gasteiger partial charge in [-0.05, 0) is 13.0 Å². The number of para-hydroxylation sites is 1. The number of carbonyl (C=O) groups is 1. The van der Waals surface area contributed by atoms with Crippen LogP contribution in [0.4, 0.5) is 5.69 Å². The van der Waals surface area contributed by atoms with Crippen LogP contribution in [0.1, 0.15) is 18.9 Å². The summed E-state index contributed by atoms with van der Waals surface area (Å²) in [6, 6.07) is 7.17. The number of carbonyl (C=O) groups excluding carboxylic acids is 1. The number of rotatable bonds is 2. The van der Waals surface area contributed by atoms with Crippen molar-refractivity contribution < 1.29 is 9.90 Å². The fourth-order valence-corrected chi connectivity index (χ4v) is 1.91. The van der Waals surface area contributed by atoms with Crippen LogP contribution in [0.25, 0.3) is 0 Å². The lowest BCUT2D eigenvalue weighted by atomic mass is 9.89. The molecule has 1 unspecified atom stereocenters. The maximum atomic E-state index is 11.7. The number of benzene rings is 1. The first-order chi connectivity index (χ1) is 7.04. The number of hydrogen-bond acceptors (Lipinski definition) is 2. The summed E-state index contributed by atoms with van der Waals surface area (Å²) in [5.41, 5.74) is 0.663. The van der Waals surface area contributed by atoms with Crippen molar-refractivity contribution in [2.75, 3.05) is 5.32 Å². The standard InChI is InChI=1S/C12H13NO2/c1-8(2)7-12(15)9-5-3-4-6-10(9)13-11(12)14/h3-6,15H,1,7H2,2H3,(H,13,14). The number of aliphatic hydroxyl groups is 1. The predicted molar refractivity (Wildman–Crippen MR) is 58.4 cm³/mol. The quantitative estimate of drug-likeness (QED) is 0.720. The van der Waals surface area contributed by atoms with Crippen LogP contribution in [0.2, 0.25) is 0 Å². The smallest absolute Gasteiger partial charge is 0.261 e. The second-order valence-corrected chi connectivity index (χ2v) is 3.99. The highest BCUT2D eigenvalue weighted by atomic mass is 16.3. The molecule has 1 aliphatic heterocycles. The first-order valence-electron chi connectivity index (χ1n) is 4.82. The van der Waals surface area contributed by atoms with Crippen LogP contribution >= 0.6 is 0 Å². The van der Waals surface area contributed by atoms with E-state index in [9.17, 15) is 9.90 Å². The Balaban J connectivity index is 2.49. The lowest BCUT2D eigenvalue weighted by Crippen LogP contribution is -2.34. The SMILES string of the molecule is C=C(C)CC1(O)C(=O)Nc2ccccc21. The van der Waals surface area contributed by atoms with Gasteiger partial charge in [0, 0.05) is 17.7 Å². The topological polar surface area (TPSA) is 49.3 Å². The van der Waals surface area contributed by atoms with Crippen LogP contribution in [0.15, 0.2) is 36.4 Å². The van der Waals surface area contributed by atoms with E-state index in [1.165, 1.54) is 0 Å². The third-order valence-electron chi connectivity index (χ3n) is 2.55. The van der Waals surface area contributed by atoms with Crippen LogP contribution in [-0.4, -0.2) is 11.0 Å². The molecular formula is C12H13NO2. The minimum absolute atomic E-state index is 0.260. The number of nitrogens with one attached hydrogen (secondary N) is 1. The minimum atomic E-state index is -1.44. The second-order valence-electron chi connectivity index (χ2n) is 3.99. The van der Waals surface area contributed by atoms with Crippen LogP contribution in [0, 0.1) is 0 Å². The number of fused-ring (bicyclic) bond motifs is 1. The predicted octanol–water partition coefficient (Wildman–Crippen LogP) is 1.79. The summed E-state index contributed by atoms with van der Waals surface area (Å²) in [4.78, 5) is 11.7. The van der Waals surface area contributed by atoms with Crippen LogP contribution < -0.4 is 5.32 Å². The monoisotopic (exact) mass is 203 g/mol. The Morgan fingerprint density at radius 3 is 2.87 bits per heavy atom. The molecule has 1 amide bonds. The van der Waals surface area contributed by atoms with Crippen molar-refractivity contribution in [2.45, 2.75) is 18.9 Å². The number of amides is 1. The Bertz CT molecular complexity index is 439. The molecule has 0 aliphatic carbocycles. The van der Waals surface area contributed by atoms with Crippen molar-refractivity contribution in [2.24, 2.45) is 0 Å². The van der Waals surface area contributed by atoms with Crippen LogP contribution in [0.5, 0.6) is 0 Å². The fraction of sp³-hybridized carbons (Fsp3) is 0.250. The molecule has 2 rings (SSSR count). The van der Waals surface area contributed by atoms with Crippen molar-refractivity contribution in [3.8, 4) is 0 Å². The Labute approximate surface area is 88.4 Å². The largest absolute Gasteiger partial charge is 0.375 e. The van der Waals surface area contributed by atoms with Gasteiger partial charge in [0.05, 0.1) is 0 Å². The highest BCUT2D eigenvalue weighted by molar-refractivity contribution is 6.05. The van der Waals surface area contributed by atoms with E-state index in [4.69, 9.17) is 0 Å². The number of hydrogen-bond donors (Lipinski definition) is 2. The summed E-state index contributed by atoms with van der Waals surface area (Å²) in [6.07, 6.45) is 0.260. The average molecular weight is 203 g/mol. The van der Waals surface area contributed by atoms with Crippen molar-refractivity contribution >= 4 is 11.6 Å². The van der Waals surface area contributed by atoms with Gasteiger partial charge in [0.25, 0.3) is 5.91 Å². The summed E-state index contributed by atoms with van der Waals surface area (Å²) in [6.45, 7) is 5.53. The summed E-state index contributed by atoms with van der Waals surface area (Å²) in [7, 11) is 0.